The number of hydrogen-bond acceptors (Lipinski definition) is 5. The normalized spacial score (nSPS) is 30.8. The molecule has 4 fully saturated rings. The van der Waals surface area contributed by atoms with Crippen LogP contribution in [0.25, 0.3) is 0 Å². The van der Waals surface area contributed by atoms with Gasteiger partial charge in [-0.05, 0) is 37.5 Å². The highest BCUT2D eigenvalue weighted by atomic mass is 16.5. The van der Waals surface area contributed by atoms with Crippen LogP contribution in [-0.4, -0.2) is 72.7 Å². The molecule has 2 saturated heterocycles. The van der Waals surface area contributed by atoms with Crippen molar-refractivity contribution in [2.24, 2.45) is 23.5 Å². The van der Waals surface area contributed by atoms with E-state index in [2.05, 4.69) is 16.3 Å². The molecule has 3 N–H and O–H groups in total. The molecule has 33 heavy (non-hydrogen) atoms. The number of carbonyl (C=O) groups is 2. The number of nitriles is 1. The number of urea groups is 1. The van der Waals surface area contributed by atoms with Gasteiger partial charge in [-0.25, -0.2) is 4.79 Å². The Balaban J connectivity index is 1.46. The molecular formula is C25H41N5O3. The molecule has 8 heteroatoms. The van der Waals surface area contributed by atoms with Gasteiger partial charge in [0, 0.05) is 26.2 Å². The van der Waals surface area contributed by atoms with Crippen molar-refractivity contribution in [2.45, 2.75) is 82.2 Å². The summed E-state index contributed by atoms with van der Waals surface area (Å²) in [4.78, 5) is 29.9. The predicted octanol–water partition coefficient (Wildman–Crippen LogP) is 2.63. The molecule has 0 aromatic rings. The first-order valence-corrected chi connectivity index (χ1v) is 13.1. The van der Waals surface area contributed by atoms with Crippen LogP contribution in [0.5, 0.6) is 0 Å². The third-order valence-electron chi connectivity index (χ3n) is 8.48. The second-order valence-electron chi connectivity index (χ2n) is 10.8. The van der Waals surface area contributed by atoms with E-state index in [-0.39, 0.29) is 11.9 Å². The smallest absolute Gasteiger partial charge is 0.315 e. The van der Waals surface area contributed by atoms with Gasteiger partial charge in [0.15, 0.2) is 0 Å². The predicted molar refractivity (Wildman–Crippen MR) is 125 cm³/mol. The lowest BCUT2D eigenvalue weighted by Gasteiger charge is -2.40. The van der Waals surface area contributed by atoms with Crippen LogP contribution in [0.3, 0.4) is 0 Å². The number of hydrogen-bond donors (Lipinski definition) is 2. The number of carbonyl (C=O) groups excluding carboxylic acids is 2. The molecule has 0 aromatic heterocycles. The second kappa shape index (κ2) is 11.1. The Morgan fingerprint density at radius 1 is 1.09 bits per heavy atom. The van der Waals surface area contributed by atoms with Crippen LogP contribution in [-0.2, 0) is 9.53 Å². The van der Waals surface area contributed by atoms with E-state index in [1.807, 2.05) is 0 Å². The molecule has 8 nitrogen and oxygen atoms in total. The molecule has 0 bridgehead atoms. The van der Waals surface area contributed by atoms with E-state index in [1.54, 1.807) is 4.90 Å². The first kappa shape index (κ1) is 24.3. The molecule has 3 unspecified atom stereocenters. The molecule has 2 saturated carbocycles. The molecule has 0 radical (unpaired) electrons. The number of likely N-dealkylation sites (tertiary alicyclic amines) is 1. The van der Waals surface area contributed by atoms with Crippen molar-refractivity contribution in [3.63, 3.8) is 0 Å². The van der Waals surface area contributed by atoms with Crippen LogP contribution in [0.1, 0.15) is 70.6 Å². The van der Waals surface area contributed by atoms with E-state index in [9.17, 15) is 14.9 Å². The van der Waals surface area contributed by atoms with Gasteiger partial charge in [-0.1, -0.05) is 44.9 Å². The summed E-state index contributed by atoms with van der Waals surface area (Å²) in [6, 6.07) is 1.58. The van der Waals surface area contributed by atoms with Gasteiger partial charge in [-0.2, -0.15) is 5.26 Å². The van der Waals surface area contributed by atoms with Gasteiger partial charge in [0.25, 0.3) is 0 Å². The van der Waals surface area contributed by atoms with E-state index in [4.69, 9.17) is 10.5 Å². The van der Waals surface area contributed by atoms with Crippen molar-refractivity contribution >= 4 is 11.9 Å². The van der Waals surface area contributed by atoms with Crippen LogP contribution in [0.15, 0.2) is 0 Å². The number of nitrogens with one attached hydrogen (secondary N) is 1. The van der Waals surface area contributed by atoms with Crippen LogP contribution in [0.4, 0.5) is 4.79 Å². The van der Waals surface area contributed by atoms with E-state index in [0.29, 0.717) is 38.6 Å². The van der Waals surface area contributed by atoms with E-state index in [1.165, 1.54) is 44.9 Å². The van der Waals surface area contributed by atoms with Crippen molar-refractivity contribution < 1.29 is 14.3 Å². The number of amides is 3. The number of nitrogens with zero attached hydrogens (tertiary/aromatic N) is 3. The largest absolute Gasteiger partial charge is 0.377 e. The highest BCUT2D eigenvalue weighted by molar-refractivity contribution is 5.82. The standard InChI is InChI=1S/C25H41N5O3/c26-17-25(10-11-29(18-25)15-20-8-4-5-9-20)28-23(31)21(14-19-6-2-1-3-7-19)22-16-33-13-12-30(22)24(27)32/h19-22H,1-16,18H2,(H2,27,32)(H,28,31). The van der Waals surface area contributed by atoms with Gasteiger partial charge in [-0.3, -0.25) is 9.69 Å². The summed E-state index contributed by atoms with van der Waals surface area (Å²) in [5, 5.41) is 13.3. The lowest BCUT2D eigenvalue weighted by Crippen LogP contribution is -2.59. The Bertz CT molecular complexity index is 728. The molecule has 4 aliphatic rings. The Labute approximate surface area is 198 Å². The van der Waals surface area contributed by atoms with Crippen LogP contribution >= 0.6 is 0 Å². The summed E-state index contributed by atoms with van der Waals surface area (Å²) in [6.45, 7) is 3.63. The minimum Gasteiger partial charge on any atom is -0.377 e. The third kappa shape index (κ3) is 5.99. The maximum absolute atomic E-state index is 13.7. The number of ether oxygens (including phenoxy) is 1. The van der Waals surface area contributed by atoms with Crippen molar-refractivity contribution in [3.05, 3.63) is 0 Å². The number of nitrogens with two attached hydrogens (primary N) is 1. The van der Waals surface area contributed by atoms with E-state index >= 15 is 0 Å². The zero-order valence-corrected chi connectivity index (χ0v) is 20.0. The van der Waals surface area contributed by atoms with E-state index in [0.717, 1.165) is 38.3 Å². The van der Waals surface area contributed by atoms with Gasteiger partial charge in [0.1, 0.15) is 5.54 Å². The minimum absolute atomic E-state index is 0.119. The van der Waals surface area contributed by atoms with Crippen molar-refractivity contribution in [3.8, 4) is 6.07 Å². The molecule has 2 aliphatic heterocycles. The molecule has 3 atom stereocenters. The summed E-state index contributed by atoms with van der Waals surface area (Å²) in [7, 11) is 0. The highest BCUT2D eigenvalue weighted by Crippen LogP contribution is 2.34. The summed E-state index contributed by atoms with van der Waals surface area (Å²) in [6.07, 6.45) is 12.4. The lowest BCUT2D eigenvalue weighted by atomic mass is 9.79. The number of primary amides is 1. The van der Waals surface area contributed by atoms with Crippen LogP contribution in [0.2, 0.25) is 0 Å². The molecule has 0 spiro atoms. The Kier molecular flexibility index (Phi) is 8.13. The average molecular weight is 460 g/mol. The molecule has 0 aromatic carbocycles. The SMILES string of the molecule is N#CC1(NC(=O)C(CC2CCCCC2)C2COCCN2C(N)=O)CCN(CC2CCCC2)C1. The monoisotopic (exact) mass is 459 g/mol. The van der Waals surface area contributed by atoms with Gasteiger partial charge >= 0.3 is 6.03 Å². The third-order valence-corrected chi connectivity index (χ3v) is 8.48. The molecule has 3 amide bonds. The fourth-order valence-corrected chi connectivity index (χ4v) is 6.60. The van der Waals surface area contributed by atoms with Crippen molar-refractivity contribution in [2.75, 3.05) is 39.4 Å². The van der Waals surface area contributed by atoms with Gasteiger partial charge < -0.3 is 20.7 Å². The molecule has 4 rings (SSSR count). The summed E-state index contributed by atoms with van der Waals surface area (Å²) >= 11 is 0. The summed E-state index contributed by atoms with van der Waals surface area (Å²) < 4.78 is 5.69. The second-order valence-corrected chi connectivity index (χ2v) is 10.8. The Morgan fingerprint density at radius 3 is 2.48 bits per heavy atom. The maximum Gasteiger partial charge on any atom is 0.315 e. The molecule has 184 valence electrons. The fourth-order valence-electron chi connectivity index (χ4n) is 6.60. The number of rotatable bonds is 7. The van der Waals surface area contributed by atoms with Crippen LogP contribution < -0.4 is 11.1 Å². The lowest BCUT2D eigenvalue weighted by molar-refractivity contribution is -0.131. The maximum atomic E-state index is 13.7. The van der Waals surface area contributed by atoms with E-state index < -0.39 is 17.5 Å². The topological polar surface area (TPSA) is 112 Å². The molecule has 2 heterocycles. The zero-order valence-electron chi connectivity index (χ0n) is 20.0. The Hall–Kier alpha value is -1.85. The quantitative estimate of drug-likeness (QED) is 0.608. The number of morpholine rings is 1. The average Bonchev–Trinajstić information content (AvgIpc) is 3.49. The first-order valence-electron chi connectivity index (χ1n) is 13.1. The summed E-state index contributed by atoms with van der Waals surface area (Å²) in [5.41, 5.74) is 4.83. The van der Waals surface area contributed by atoms with Gasteiger partial charge in [0.2, 0.25) is 5.91 Å². The van der Waals surface area contributed by atoms with Crippen molar-refractivity contribution in [1.82, 2.24) is 15.1 Å². The zero-order chi connectivity index (χ0) is 23.3. The molecular weight excluding hydrogens is 418 g/mol. The minimum atomic E-state index is -0.854. The van der Waals surface area contributed by atoms with Gasteiger partial charge in [-0.15, -0.1) is 0 Å². The highest BCUT2D eigenvalue weighted by Gasteiger charge is 2.44. The van der Waals surface area contributed by atoms with Crippen LogP contribution in [0, 0.1) is 29.1 Å². The molecule has 2 aliphatic carbocycles. The van der Waals surface area contributed by atoms with Gasteiger partial charge in [0.05, 0.1) is 31.2 Å². The Morgan fingerprint density at radius 2 is 1.79 bits per heavy atom. The summed E-state index contributed by atoms with van der Waals surface area (Å²) in [5.74, 6) is 0.658. The van der Waals surface area contributed by atoms with Crippen molar-refractivity contribution in [1.29, 1.82) is 5.26 Å². The fraction of sp³-hybridized carbons (Fsp3) is 0.880. The first-order chi connectivity index (χ1) is 16.0.